The van der Waals surface area contributed by atoms with E-state index in [0.29, 0.717) is 12.5 Å². The van der Waals surface area contributed by atoms with Crippen LogP contribution in [0.15, 0.2) is 24.3 Å². The summed E-state index contributed by atoms with van der Waals surface area (Å²) in [6, 6.07) is 9.97. The fourth-order valence-corrected chi connectivity index (χ4v) is 1.84. The van der Waals surface area contributed by atoms with Crippen molar-refractivity contribution in [1.82, 2.24) is 5.32 Å². The molecule has 0 fully saturated rings. The van der Waals surface area contributed by atoms with E-state index in [-0.39, 0.29) is 6.04 Å². The summed E-state index contributed by atoms with van der Waals surface area (Å²) < 4.78 is 0. The van der Waals surface area contributed by atoms with E-state index >= 15 is 0 Å². The lowest BCUT2D eigenvalue weighted by Crippen LogP contribution is -2.26. The molecule has 1 atom stereocenters. The van der Waals surface area contributed by atoms with E-state index in [1.165, 1.54) is 0 Å². The van der Waals surface area contributed by atoms with Crippen LogP contribution in [-0.4, -0.2) is 6.54 Å². The summed E-state index contributed by atoms with van der Waals surface area (Å²) in [5.41, 5.74) is 1.06. The van der Waals surface area contributed by atoms with Crippen LogP contribution in [0, 0.1) is 17.2 Å². The molecule has 0 bridgehead atoms. The predicted octanol–water partition coefficient (Wildman–Crippen LogP) is 3.15. The molecule has 0 heterocycles. The summed E-state index contributed by atoms with van der Waals surface area (Å²) >= 11 is 6.12. The van der Waals surface area contributed by atoms with Crippen molar-refractivity contribution in [2.75, 3.05) is 6.54 Å². The van der Waals surface area contributed by atoms with Gasteiger partial charge < -0.3 is 0 Å². The highest BCUT2D eigenvalue weighted by Crippen LogP contribution is 2.27. The van der Waals surface area contributed by atoms with Gasteiger partial charge >= 0.3 is 0 Å². The zero-order chi connectivity index (χ0) is 11.3. The minimum atomic E-state index is 0.137. The summed E-state index contributed by atoms with van der Waals surface area (Å²) in [5, 5.41) is 12.5. The lowest BCUT2D eigenvalue weighted by molar-refractivity contribution is 0.431. The van der Waals surface area contributed by atoms with Crippen molar-refractivity contribution >= 4 is 11.6 Å². The molecule has 0 aromatic heterocycles. The van der Waals surface area contributed by atoms with Gasteiger partial charge in [0.25, 0.3) is 0 Å². The predicted molar refractivity (Wildman–Crippen MR) is 62.6 cm³/mol. The molecular formula is C12H15ClN2. The Bertz CT molecular complexity index is 355. The van der Waals surface area contributed by atoms with E-state index in [4.69, 9.17) is 16.9 Å². The highest BCUT2D eigenvalue weighted by molar-refractivity contribution is 6.31. The molecule has 1 rings (SSSR count). The summed E-state index contributed by atoms with van der Waals surface area (Å²) in [4.78, 5) is 0. The molecule has 80 valence electrons. The molecule has 1 aromatic carbocycles. The van der Waals surface area contributed by atoms with Gasteiger partial charge in [0.15, 0.2) is 0 Å². The molecule has 0 aliphatic rings. The monoisotopic (exact) mass is 222 g/mol. The van der Waals surface area contributed by atoms with Crippen LogP contribution >= 0.6 is 11.6 Å². The Morgan fingerprint density at radius 2 is 2.07 bits per heavy atom. The van der Waals surface area contributed by atoms with Gasteiger partial charge in [-0.1, -0.05) is 43.6 Å². The van der Waals surface area contributed by atoms with Gasteiger partial charge in [-0.15, -0.1) is 0 Å². The first-order chi connectivity index (χ1) is 7.16. The van der Waals surface area contributed by atoms with Crippen molar-refractivity contribution < 1.29 is 0 Å². The van der Waals surface area contributed by atoms with E-state index in [1.807, 2.05) is 24.3 Å². The largest absolute Gasteiger partial charge is 0.297 e. The Balaban J connectivity index is 2.90. The standard InChI is InChI=1S/C12H15ClN2/c1-9(2)12(15-8-7-14)10-5-3-4-6-11(10)13/h3-6,9,12,15H,8H2,1-2H3/t12-/m0/s1. The third-order valence-corrected chi connectivity index (χ3v) is 2.65. The summed E-state index contributed by atoms with van der Waals surface area (Å²) in [6.07, 6.45) is 0. The molecule has 1 aromatic rings. The zero-order valence-corrected chi connectivity index (χ0v) is 9.75. The quantitative estimate of drug-likeness (QED) is 0.795. The van der Waals surface area contributed by atoms with E-state index in [9.17, 15) is 0 Å². The van der Waals surface area contributed by atoms with Crippen LogP contribution in [0.4, 0.5) is 0 Å². The molecule has 0 spiro atoms. The smallest absolute Gasteiger partial charge is 0.0845 e. The average Bonchev–Trinajstić information content (AvgIpc) is 2.20. The second-order valence-electron chi connectivity index (χ2n) is 3.78. The van der Waals surface area contributed by atoms with Gasteiger partial charge in [0, 0.05) is 11.1 Å². The number of nitrogens with zero attached hydrogens (tertiary/aromatic N) is 1. The Morgan fingerprint density at radius 3 is 2.60 bits per heavy atom. The maximum atomic E-state index is 8.57. The minimum absolute atomic E-state index is 0.137. The van der Waals surface area contributed by atoms with Crippen LogP contribution in [-0.2, 0) is 0 Å². The van der Waals surface area contributed by atoms with Crippen LogP contribution in [0.25, 0.3) is 0 Å². The first kappa shape index (κ1) is 12.0. The Morgan fingerprint density at radius 1 is 1.40 bits per heavy atom. The van der Waals surface area contributed by atoms with E-state index in [2.05, 4.69) is 25.2 Å². The summed E-state index contributed by atoms with van der Waals surface area (Å²) in [6.45, 7) is 4.56. The fourth-order valence-electron chi connectivity index (χ4n) is 1.59. The van der Waals surface area contributed by atoms with Crippen molar-refractivity contribution in [3.8, 4) is 6.07 Å². The first-order valence-corrected chi connectivity index (χ1v) is 5.39. The van der Waals surface area contributed by atoms with Crippen molar-refractivity contribution in [1.29, 1.82) is 5.26 Å². The molecule has 0 amide bonds. The van der Waals surface area contributed by atoms with Crippen molar-refractivity contribution in [3.63, 3.8) is 0 Å². The number of rotatable bonds is 4. The number of hydrogen-bond donors (Lipinski definition) is 1. The van der Waals surface area contributed by atoms with Gasteiger partial charge in [0.05, 0.1) is 12.6 Å². The van der Waals surface area contributed by atoms with E-state index in [1.54, 1.807) is 0 Å². The third kappa shape index (κ3) is 3.23. The molecule has 1 N–H and O–H groups in total. The van der Waals surface area contributed by atoms with Crippen molar-refractivity contribution in [2.24, 2.45) is 5.92 Å². The van der Waals surface area contributed by atoms with Crippen LogP contribution < -0.4 is 5.32 Å². The molecule has 0 radical (unpaired) electrons. The number of hydrogen-bond acceptors (Lipinski definition) is 2. The molecule has 0 saturated carbocycles. The van der Waals surface area contributed by atoms with Crippen molar-refractivity contribution in [3.05, 3.63) is 34.9 Å². The lowest BCUT2D eigenvalue weighted by Gasteiger charge is -2.22. The summed E-state index contributed by atoms with van der Waals surface area (Å²) in [7, 11) is 0. The van der Waals surface area contributed by atoms with Gasteiger partial charge in [-0.2, -0.15) is 5.26 Å². The molecule has 2 nitrogen and oxygen atoms in total. The van der Waals surface area contributed by atoms with Crippen molar-refractivity contribution in [2.45, 2.75) is 19.9 Å². The number of benzene rings is 1. The molecule has 15 heavy (non-hydrogen) atoms. The van der Waals surface area contributed by atoms with Crippen LogP contribution in [0.3, 0.4) is 0 Å². The number of nitrogens with one attached hydrogen (secondary N) is 1. The normalized spacial score (nSPS) is 12.5. The minimum Gasteiger partial charge on any atom is -0.297 e. The highest BCUT2D eigenvalue weighted by atomic mass is 35.5. The maximum Gasteiger partial charge on any atom is 0.0845 e. The maximum absolute atomic E-state index is 8.57. The zero-order valence-electron chi connectivity index (χ0n) is 9.00. The molecule has 3 heteroatoms. The lowest BCUT2D eigenvalue weighted by atomic mass is 9.96. The third-order valence-electron chi connectivity index (χ3n) is 2.31. The van der Waals surface area contributed by atoms with Crippen LogP contribution in [0.1, 0.15) is 25.5 Å². The van der Waals surface area contributed by atoms with Gasteiger partial charge in [0.2, 0.25) is 0 Å². The molecule has 0 aliphatic carbocycles. The van der Waals surface area contributed by atoms with Gasteiger partial charge in [-0.25, -0.2) is 0 Å². The Kier molecular flexibility index (Phi) is 4.61. The molecule has 0 saturated heterocycles. The first-order valence-electron chi connectivity index (χ1n) is 5.01. The summed E-state index contributed by atoms with van der Waals surface area (Å²) in [5.74, 6) is 0.401. The molecule has 0 unspecified atom stereocenters. The van der Waals surface area contributed by atoms with Gasteiger partial charge in [0.1, 0.15) is 0 Å². The average molecular weight is 223 g/mol. The number of halogens is 1. The fraction of sp³-hybridized carbons (Fsp3) is 0.417. The Labute approximate surface area is 95.9 Å². The van der Waals surface area contributed by atoms with Gasteiger partial charge in [-0.3, -0.25) is 5.32 Å². The van der Waals surface area contributed by atoms with Crippen LogP contribution in [0.5, 0.6) is 0 Å². The highest BCUT2D eigenvalue weighted by Gasteiger charge is 2.16. The SMILES string of the molecule is CC(C)[C@H](NCC#N)c1ccccc1Cl. The van der Waals surface area contributed by atoms with Crippen LogP contribution in [0.2, 0.25) is 5.02 Å². The van der Waals surface area contributed by atoms with E-state index in [0.717, 1.165) is 10.6 Å². The van der Waals surface area contributed by atoms with E-state index < -0.39 is 0 Å². The number of nitriles is 1. The second kappa shape index (κ2) is 5.75. The van der Waals surface area contributed by atoms with Gasteiger partial charge in [-0.05, 0) is 17.5 Å². The topological polar surface area (TPSA) is 35.8 Å². The molecular weight excluding hydrogens is 208 g/mol. The second-order valence-corrected chi connectivity index (χ2v) is 4.19. The molecule has 0 aliphatic heterocycles. The Hall–Kier alpha value is -1.04.